The Morgan fingerprint density at radius 1 is 0.459 bits per heavy atom. The highest BCUT2D eigenvalue weighted by Gasteiger charge is 2.24. The molecule has 19 heteroatoms. The summed E-state index contributed by atoms with van der Waals surface area (Å²) in [6.45, 7) is 14.4. The van der Waals surface area contributed by atoms with E-state index < -0.39 is 0 Å². The molecule has 21 rings (SSSR count). The Hall–Kier alpha value is -12.0. The first-order valence-corrected chi connectivity index (χ1v) is 31.9. The molecular formula is C79H85N19. The van der Waals surface area contributed by atoms with Crippen molar-refractivity contribution in [1.82, 2.24) is 90.1 Å². The van der Waals surface area contributed by atoms with Gasteiger partial charge in [-0.3, -0.25) is 22.0 Å². The van der Waals surface area contributed by atoms with Crippen molar-refractivity contribution in [2.45, 2.75) is 83.6 Å². The van der Waals surface area contributed by atoms with E-state index >= 15 is 0 Å². The fourth-order valence-corrected chi connectivity index (χ4v) is 13.3. The number of nitrogens with zero attached hydrogens (tertiary/aromatic N) is 16. The van der Waals surface area contributed by atoms with Crippen LogP contribution in [0.2, 0.25) is 0 Å². The summed E-state index contributed by atoms with van der Waals surface area (Å²) in [6, 6.07) is 53.9. The second-order valence-electron chi connectivity index (χ2n) is 24.5. The summed E-state index contributed by atoms with van der Waals surface area (Å²) in [4.78, 5) is 40.9. The second-order valence-corrected chi connectivity index (χ2v) is 24.5. The van der Waals surface area contributed by atoms with Gasteiger partial charge in [0.25, 0.3) is 0 Å². The Labute approximate surface area is 569 Å². The van der Waals surface area contributed by atoms with Crippen molar-refractivity contribution in [3.63, 3.8) is 0 Å². The molecule has 0 spiro atoms. The Balaban J connectivity index is 0.000000108. The molecule has 17 aromatic heterocycles. The van der Waals surface area contributed by atoms with Crippen LogP contribution in [-0.2, 0) is 41.0 Å². The lowest BCUT2D eigenvalue weighted by Gasteiger charge is -2.03. The lowest BCUT2D eigenvalue weighted by atomic mass is 10.1. The predicted octanol–water partition coefficient (Wildman–Crippen LogP) is 17.1. The number of fused-ring (bicyclic) bond motifs is 21. The number of pyridine rings is 5. The van der Waals surface area contributed by atoms with Crippen LogP contribution in [-0.4, -0.2) is 90.1 Å². The summed E-state index contributed by atoms with van der Waals surface area (Å²) in [5, 5.41) is 0. The highest BCUT2D eigenvalue weighted by atomic mass is 15.2. The molecule has 2 aliphatic rings. The zero-order valence-corrected chi connectivity index (χ0v) is 55.1. The van der Waals surface area contributed by atoms with Gasteiger partial charge in [-0.2, -0.15) is 0 Å². The second kappa shape index (κ2) is 26.7. The van der Waals surface area contributed by atoms with Crippen molar-refractivity contribution in [2.75, 3.05) is 0 Å². The summed E-state index contributed by atoms with van der Waals surface area (Å²) in [7, 11) is 8.29. The maximum Gasteiger partial charge on any atom is 0.198 e. The molecule has 2 aliphatic carbocycles. The van der Waals surface area contributed by atoms with E-state index in [1.54, 1.807) is 0 Å². The lowest BCUT2D eigenvalue weighted by molar-refractivity contribution is 0.826. The van der Waals surface area contributed by atoms with Crippen LogP contribution in [0.5, 0.6) is 0 Å². The number of hydrogen-bond donors (Lipinski definition) is 3. The maximum absolute atomic E-state index is 4.57. The number of hydrogen-bond acceptors (Lipinski definition) is 7. The zero-order valence-electron chi connectivity index (χ0n) is 55.1. The van der Waals surface area contributed by atoms with E-state index in [1.807, 2.05) is 158 Å². The molecule has 0 bridgehead atoms. The number of aromatic nitrogens is 19. The Kier molecular flexibility index (Phi) is 18.0. The molecule has 3 N–H and O–H groups in total. The molecule has 0 fully saturated rings. The molecule has 0 saturated carbocycles. The Morgan fingerprint density at radius 2 is 1.04 bits per heavy atom. The van der Waals surface area contributed by atoms with Crippen LogP contribution < -0.4 is 0 Å². The van der Waals surface area contributed by atoms with E-state index in [2.05, 4.69) is 210 Å². The van der Waals surface area contributed by atoms with Crippen molar-refractivity contribution in [3.8, 4) is 22.4 Å². The summed E-state index contributed by atoms with van der Waals surface area (Å²) in [5.74, 6) is 3.05. The molecule has 17 heterocycles. The first-order chi connectivity index (χ1) is 46.1. The Bertz CT molecular complexity index is 5800. The first kappa shape index (κ1) is 66.0. The minimum Gasteiger partial charge on any atom is -0.362 e. The van der Waals surface area contributed by atoms with Gasteiger partial charge in [-0.25, -0.2) is 34.9 Å². The van der Waals surface area contributed by atoms with Crippen LogP contribution in [0.25, 0.3) is 106 Å². The summed E-state index contributed by atoms with van der Waals surface area (Å²) < 4.78 is 19.1. The summed E-state index contributed by atoms with van der Waals surface area (Å²) >= 11 is 0. The molecule has 2 aromatic carbocycles. The van der Waals surface area contributed by atoms with Crippen LogP contribution in [0.15, 0.2) is 201 Å². The van der Waals surface area contributed by atoms with Crippen molar-refractivity contribution in [2.24, 2.45) is 28.2 Å². The highest BCUT2D eigenvalue weighted by molar-refractivity contribution is 5.85. The van der Waals surface area contributed by atoms with Gasteiger partial charge in [-0.15, -0.1) is 0 Å². The van der Waals surface area contributed by atoms with Crippen LogP contribution in [0.1, 0.15) is 85.0 Å². The minimum absolute atomic E-state index is 0. The maximum atomic E-state index is 4.57. The molecule has 19 aromatic rings. The van der Waals surface area contributed by atoms with Crippen molar-refractivity contribution in [3.05, 3.63) is 264 Å². The third kappa shape index (κ3) is 11.7. The van der Waals surface area contributed by atoms with Gasteiger partial charge in [0.1, 0.15) is 51.1 Å². The van der Waals surface area contributed by atoms with Gasteiger partial charge in [-0.05, 0) is 144 Å². The van der Waals surface area contributed by atoms with Crippen molar-refractivity contribution in [1.29, 1.82) is 0 Å². The van der Waals surface area contributed by atoms with Gasteiger partial charge in [0.05, 0.1) is 33.5 Å². The number of benzene rings is 2. The molecule has 496 valence electrons. The van der Waals surface area contributed by atoms with E-state index in [4.69, 9.17) is 0 Å². The quantitative estimate of drug-likeness (QED) is 0.135. The van der Waals surface area contributed by atoms with Crippen molar-refractivity contribution < 1.29 is 0 Å². The highest BCUT2D eigenvalue weighted by Crippen LogP contribution is 2.38. The standard InChI is InChI=1S/C13H13N.C12H12N2.C11H11N3.C10H10N4.3C10H9N3.3CH4/c1-9-7-12-11-6-4-3-5-10(11)8-13(12)14(9)2;1-8-13-11-7-9-5-3-4-6-10(9)12(11)14(8)2;1-8-11-9(7-13(8)2)12-10-5-3-4-6-14(10)11;1-7-11-9-10(13(7)2)14-6-4-3-5-8(14)12-9;1-7-10-8(6-11-7)13-5-3-2-4-9(13)12-10;1-7-11-9-6-8-4-2-3-5-13(8)10(9)12-7;1-7-6-8-10(11-7)12-9-4-2-3-5-13(8)9;;;/h3-7H,8H2,1-2H3;3-6H,7H2,1-2H3;3-7H,1-2H3;3-6H,1-2H3;2-6,11H,1H3;2-6H,1H3,(H,11,12);2-6,11H,1H3;3*1H4. The Morgan fingerprint density at radius 3 is 1.76 bits per heavy atom. The predicted molar refractivity (Wildman–Crippen MR) is 401 cm³/mol. The molecule has 0 atom stereocenters. The molecular weight excluding hydrogens is 1220 g/mol. The fourth-order valence-electron chi connectivity index (χ4n) is 13.3. The average Bonchev–Trinajstić information content (AvgIpc) is 1.62. The molecule has 0 radical (unpaired) electrons. The molecule has 19 nitrogen and oxygen atoms in total. The number of H-pyrrole nitrogens is 3. The molecule has 0 aliphatic heterocycles. The topological polar surface area (TPSA) is 179 Å². The van der Waals surface area contributed by atoms with Crippen LogP contribution in [0.3, 0.4) is 0 Å². The van der Waals surface area contributed by atoms with Crippen LogP contribution in [0.4, 0.5) is 0 Å². The van der Waals surface area contributed by atoms with E-state index in [0.717, 1.165) is 114 Å². The number of rotatable bonds is 0. The van der Waals surface area contributed by atoms with Gasteiger partial charge in [0, 0.05) is 130 Å². The van der Waals surface area contributed by atoms with Gasteiger partial charge >= 0.3 is 0 Å². The van der Waals surface area contributed by atoms with Crippen molar-refractivity contribution >= 4 is 83.8 Å². The number of aryl methyl sites for hydroxylation is 9. The SMILES string of the molecule is C.C.C.Cc1[nH]cc2c1nc1ccccn12.Cc1c2c(cn1C)nc1ccccn12.Cc1cc2c(n1C)Cc1ccccc1-2.Cc1cc2c(nc3ccccn32)[nH]1.Cc1nc2c(cc3ccccn32)[nH]1.Cc1nc2c(n1C)-c1ccccc1C2.Cc1nc2nc3ccccn3c2n1C. The fraction of sp³-hybridized carbons (Fsp3) is 0.203. The van der Waals surface area contributed by atoms with E-state index in [9.17, 15) is 0 Å². The average molecular weight is 1300 g/mol. The number of nitrogens with one attached hydrogen (secondary N) is 3. The van der Waals surface area contributed by atoms with Gasteiger partial charge in [0.15, 0.2) is 22.6 Å². The van der Waals surface area contributed by atoms with Gasteiger partial charge in [0.2, 0.25) is 0 Å². The monoisotopic (exact) mass is 1300 g/mol. The van der Waals surface area contributed by atoms with Crippen LogP contribution in [0, 0.1) is 48.5 Å². The van der Waals surface area contributed by atoms with E-state index in [0.29, 0.717) is 0 Å². The third-order valence-electron chi connectivity index (χ3n) is 18.4. The van der Waals surface area contributed by atoms with E-state index in [1.165, 1.54) is 67.3 Å². The summed E-state index contributed by atoms with van der Waals surface area (Å²) in [6.07, 6.45) is 16.3. The first-order valence-electron chi connectivity index (χ1n) is 31.9. The molecule has 0 unspecified atom stereocenters. The third-order valence-corrected chi connectivity index (χ3v) is 18.4. The zero-order chi connectivity index (χ0) is 65.3. The van der Waals surface area contributed by atoms with Crippen LogP contribution >= 0.6 is 0 Å². The minimum atomic E-state index is 0. The molecule has 0 saturated heterocycles. The van der Waals surface area contributed by atoms with E-state index in [-0.39, 0.29) is 22.3 Å². The largest absolute Gasteiger partial charge is 0.362 e. The summed E-state index contributed by atoms with van der Waals surface area (Å²) in [5.41, 5.74) is 31.6. The molecule has 98 heavy (non-hydrogen) atoms. The van der Waals surface area contributed by atoms with Gasteiger partial charge < -0.3 is 33.2 Å². The smallest absolute Gasteiger partial charge is 0.198 e. The van der Waals surface area contributed by atoms with Gasteiger partial charge in [-0.1, -0.05) is 101 Å². The number of aromatic amines is 3. The molecule has 0 amide bonds. The number of imidazole rings is 7. The normalized spacial score (nSPS) is 11.5. The lowest BCUT2D eigenvalue weighted by Crippen LogP contribution is -1.96.